The minimum absolute atomic E-state index is 0.648. The average Bonchev–Trinajstić information content (AvgIpc) is 2.81. The predicted octanol–water partition coefficient (Wildman–Crippen LogP) is 8.49. The topological polar surface area (TPSA) is 39.7 Å². The standard InChI is InChI=1S/C27H57NO3SSi/c1-3-5-7-9-11-12-13-14-15-17-20-27-21-23-30-33(25-19-24-32,31-28-26-27)29-22-18-16-10-8-6-4-2/h27-28,32H,3-26H2,1-2H3. The van der Waals surface area contributed by atoms with Crippen LogP contribution in [0.1, 0.15) is 136 Å². The van der Waals surface area contributed by atoms with Crippen molar-refractivity contribution in [1.82, 2.24) is 5.48 Å². The molecule has 0 spiro atoms. The van der Waals surface area contributed by atoms with E-state index in [9.17, 15) is 0 Å². The summed E-state index contributed by atoms with van der Waals surface area (Å²) in [5.74, 6) is 1.50. The van der Waals surface area contributed by atoms with Gasteiger partial charge in [0.15, 0.2) is 0 Å². The molecule has 0 saturated carbocycles. The van der Waals surface area contributed by atoms with Crippen LogP contribution >= 0.6 is 12.6 Å². The molecule has 0 aromatic carbocycles. The molecule has 1 aliphatic rings. The second-order valence-electron chi connectivity index (χ2n) is 10.1. The lowest BCUT2D eigenvalue weighted by Gasteiger charge is -2.33. The number of rotatable bonds is 22. The molecule has 1 rings (SSSR count). The van der Waals surface area contributed by atoms with E-state index in [-0.39, 0.29) is 0 Å². The van der Waals surface area contributed by atoms with Crippen LogP contribution in [0.25, 0.3) is 0 Å². The molecule has 0 aliphatic carbocycles. The van der Waals surface area contributed by atoms with Crippen molar-refractivity contribution in [2.75, 3.05) is 25.5 Å². The van der Waals surface area contributed by atoms with Crippen molar-refractivity contribution in [2.24, 2.45) is 5.92 Å². The summed E-state index contributed by atoms with van der Waals surface area (Å²) in [4.78, 5) is 0. The molecule has 1 aliphatic heterocycles. The maximum Gasteiger partial charge on any atom is 0.517 e. The van der Waals surface area contributed by atoms with Gasteiger partial charge in [-0.15, -0.1) is 0 Å². The van der Waals surface area contributed by atoms with Gasteiger partial charge in [-0.05, 0) is 37.4 Å². The molecule has 1 N–H and O–H groups in total. The van der Waals surface area contributed by atoms with Crippen molar-refractivity contribution in [3.05, 3.63) is 0 Å². The van der Waals surface area contributed by atoms with Gasteiger partial charge in [-0.1, -0.05) is 110 Å². The van der Waals surface area contributed by atoms with E-state index in [1.165, 1.54) is 103 Å². The average molecular weight is 504 g/mol. The molecule has 0 aromatic heterocycles. The van der Waals surface area contributed by atoms with E-state index in [1.54, 1.807) is 0 Å². The first-order chi connectivity index (χ1) is 16.3. The van der Waals surface area contributed by atoms with Crippen molar-refractivity contribution >= 4 is 21.4 Å². The van der Waals surface area contributed by atoms with Crippen molar-refractivity contribution in [1.29, 1.82) is 0 Å². The van der Waals surface area contributed by atoms with Gasteiger partial charge in [0.1, 0.15) is 0 Å². The van der Waals surface area contributed by atoms with E-state index in [4.69, 9.17) is 13.4 Å². The molecule has 0 aromatic rings. The Balaban J connectivity index is 2.18. The van der Waals surface area contributed by atoms with Crippen LogP contribution in [0.4, 0.5) is 0 Å². The first-order valence-corrected chi connectivity index (χ1v) is 17.1. The molecule has 1 fully saturated rings. The molecule has 198 valence electrons. The van der Waals surface area contributed by atoms with Gasteiger partial charge < -0.3 is 8.85 Å². The fourth-order valence-electron chi connectivity index (χ4n) is 4.62. The third-order valence-corrected chi connectivity index (χ3v) is 9.90. The molecule has 6 heteroatoms. The third kappa shape index (κ3) is 17.5. The maximum absolute atomic E-state index is 6.35. The highest BCUT2D eigenvalue weighted by Gasteiger charge is 2.42. The Kier molecular flexibility index (Phi) is 21.8. The van der Waals surface area contributed by atoms with Crippen molar-refractivity contribution in [2.45, 2.75) is 142 Å². The van der Waals surface area contributed by atoms with E-state index < -0.39 is 8.80 Å². The summed E-state index contributed by atoms with van der Waals surface area (Å²) in [6.07, 6.45) is 25.0. The normalized spacial score (nSPS) is 21.7. The Morgan fingerprint density at radius 3 is 1.97 bits per heavy atom. The summed E-state index contributed by atoms with van der Waals surface area (Å²) in [6, 6.07) is 0.864. The Hall–Kier alpha value is 0.407. The first kappa shape index (κ1) is 31.4. The first-order valence-electron chi connectivity index (χ1n) is 14.6. The van der Waals surface area contributed by atoms with E-state index in [1.807, 2.05) is 0 Å². The molecule has 1 saturated heterocycles. The number of thiol groups is 1. The van der Waals surface area contributed by atoms with Gasteiger partial charge in [0, 0.05) is 25.8 Å². The Bertz CT molecular complexity index is 407. The maximum atomic E-state index is 6.35. The number of hydroxylamine groups is 1. The second-order valence-corrected chi connectivity index (χ2v) is 13.1. The third-order valence-electron chi connectivity index (χ3n) is 6.87. The minimum atomic E-state index is -2.62. The molecular formula is C27H57NO3SSi. The van der Waals surface area contributed by atoms with Crippen LogP contribution in [-0.4, -0.2) is 34.3 Å². The highest BCUT2D eigenvalue weighted by molar-refractivity contribution is 7.80. The van der Waals surface area contributed by atoms with Crippen LogP contribution in [0.15, 0.2) is 0 Å². The van der Waals surface area contributed by atoms with Gasteiger partial charge >= 0.3 is 8.80 Å². The number of unbranched alkanes of at least 4 members (excludes halogenated alkanes) is 14. The summed E-state index contributed by atoms with van der Waals surface area (Å²) in [5.41, 5.74) is 3.28. The lowest BCUT2D eigenvalue weighted by molar-refractivity contribution is -0.00441. The highest BCUT2D eigenvalue weighted by Crippen LogP contribution is 2.23. The molecule has 0 radical (unpaired) electrons. The van der Waals surface area contributed by atoms with Crippen LogP contribution in [0.5, 0.6) is 0 Å². The van der Waals surface area contributed by atoms with Gasteiger partial charge in [0.05, 0.1) is 0 Å². The summed E-state index contributed by atoms with van der Waals surface area (Å²) < 4.78 is 18.8. The van der Waals surface area contributed by atoms with Gasteiger partial charge in [-0.2, -0.15) is 12.6 Å². The van der Waals surface area contributed by atoms with Gasteiger partial charge in [0.2, 0.25) is 0 Å². The lowest BCUT2D eigenvalue weighted by Crippen LogP contribution is -2.52. The van der Waals surface area contributed by atoms with Crippen molar-refractivity contribution < 1.29 is 13.4 Å². The second kappa shape index (κ2) is 22.8. The summed E-state index contributed by atoms with van der Waals surface area (Å²) in [5, 5.41) is 0. The molecule has 2 unspecified atom stereocenters. The van der Waals surface area contributed by atoms with Crippen LogP contribution in [0, 0.1) is 5.92 Å². The SMILES string of the molecule is CCCCCCCCCCCCC1CCO[Si](CCCS)(OCCCCCCCC)ONC1. The lowest BCUT2D eigenvalue weighted by atomic mass is 9.97. The zero-order chi connectivity index (χ0) is 23.9. The quantitative estimate of drug-likeness (QED) is 0.0882. The fourth-order valence-corrected chi connectivity index (χ4v) is 7.47. The van der Waals surface area contributed by atoms with Gasteiger partial charge in [-0.25, -0.2) is 5.48 Å². The molecule has 33 heavy (non-hydrogen) atoms. The number of hydrogen-bond donors (Lipinski definition) is 2. The zero-order valence-corrected chi connectivity index (χ0v) is 24.1. The molecule has 0 bridgehead atoms. The highest BCUT2D eigenvalue weighted by atomic mass is 32.1. The smallest absolute Gasteiger partial charge is 0.373 e. The van der Waals surface area contributed by atoms with Crippen LogP contribution in [-0.2, 0) is 13.4 Å². The minimum Gasteiger partial charge on any atom is -0.373 e. The van der Waals surface area contributed by atoms with E-state index in [2.05, 4.69) is 32.0 Å². The van der Waals surface area contributed by atoms with Crippen LogP contribution < -0.4 is 5.48 Å². The molecule has 1 heterocycles. The molecule has 0 amide bonds. The van der Waals surface area contributed by atoms with Gasteiger partial charge in [0.25, 0.3) is 0 Å². The largest absolute Gasteiger partial charge is 0.517 e. The number of hydrogen-bond acceptors (Lipinski definition) is 5. The molecule has 2 atom stereocenters. The Morgan fingerprint density at radius 2 is 1.36 bits per heavy atom. The van der Waals surface area contributed by atoms with Crippen LogP contribution in [0.2, 0.25) is 6.04 Å². The predicted molar refractivity (Wildman–Crippen MR) is 148 cm³/mol. The van der Waals surface area contributed by atoms with E-state index in [0.717, 1.165) is 50.8 Å². The fraction of sp³-hybridized carbons (Fsp3) is 1.00. The summed E-state index contributed by atoms with van der Waals surface area (Å²) in [6.45, 7) is 7.01. The van der Waals surface area contributed by atoms with Crippen molar-refractivity contribution in [3.63, 3.8) is 0 Å². The summed E-state index contributed by atoms with van der Waals surface area (Å²) in [7, 11) is -2.62. The zero-order valence-electron chi connectivity index (χ0n) is 22.2. The Labute approximate surface area is 213 Å². The monoisotopic (exact) mass is 503 g/mol. The molecule has 4 nitrogen and oxygen atoms in total. The van der Waals surface area contributed by atoms with E-state index >= 15 is 0 Å². The number of nitrogens with one attached hydrogen (secondary N) is 1. The van der Waals surface area contributed by atoms with E-state index in [0.29, 0.717) is 5.92 Å². The van der Waals surface area contributed by atoms with Crippen LogP contribution in [0.3, 0.4) is 0 Å². The summed E-state index contributed by atoms with van der Waals surface area (Å²) >= 11 is 4.40. The van der Waals surface area contributed by atoms with Crippen molar-refractivity contribution in [3.8, 4) is 0 Å². The van der Waals surface area contributed by atoms with Gasteiger partial charge in [-0.3, -0.25) is 4.53 Å². The Morgan fingerprint density at radius 1 is 0.788 bits per heavy atom. The molecular weight excluding hydrogens is 446 g/mol.